The summed E-state index contributed by atoms with van der Waals surface area (Å²) in [5.74, 6) is 0.908. The number of hydrogen-bond acceptors (Lipinski definition) is 9. The van der Waals surface area contributed by atoms with Crippen LogP contribution in [0.2, 0.25) is 0 Å². The van der Waals surface area contributed by atoms with Crippen LogP contribution in [-0.2, 0) is 11.2 Å². The molecule has 1 aromatic rings. The van der Waals surface area contributed by atoms with Crippen LogP contribution in [-0.4, -0.2) is 78.9 Å². The van der Waals surface area contributed by atoms with Crippen molar-refractivity contribution in [3.05, 3.63) is 76.8 Å². The molecule has 5 atom stereocenters. The van der Waals surface area contributed by atoms with Gasteiger partial charge < -0.3 is 26.3 Å². The minimum absolute atomic E-state index is 0.109. The number of unbranched alkanes of at least 4 members (excludes halogenated alkanes) is 5. The van der Waals surface area contributed by atoms with Crippen molar-refractivity contribution in [2.24, 2.45) is 10.5 Å². The Bertz CT molecular complexity index is 1350. The van der Waals surface area contributed by atoms with Gasteiger partial charge in [0.15, 0.2) is 0 Å². The first-order valence-electron chi connectivity index (χ1n) is 17.9. The normalized spacial score (nSPS) is 24.3. The maximum atomic E-state index is 12.2. The highest BCUT2D eigenvalue weighted by Crippen LogP contribution is 2.64. The summed E-state index contributed by atoms with van der Waals surface area (Å²) in [7, 11) is 6.17. The van der Waals surface area contributed by atoms with E-state index >= 15 is 0 Å². The van der Waals surface area contributed by atoms with Crippen LogP contribution in [0.5, 0.6) is 0 Å². The molecule has 0 aromatic heterocycles. The lowest BCUT2D eigenvalue weighted by Gasteiger charge is -2.27. The average Bonchev–Trinajstić information content (AvgIpc) is 3.52. The number of nitrogens with one attached hydrogen (secondary N) is 5. The quantitative estimate of drug-likeness (QED) is 0.0384. The SMILES string of the molecule is [B]C1=CC2(C3=CCCC=C32)C(NCC(O)CNc2cccc(CCCCCCNC(=O)CCCCCC3SCC(NO)C3N=N)c2)C=C1. The zero-order chi connectivity index (χ0) is 33.8. The van der Waals surface area contributed by atoms with E-state index in [1.807, 2.05) is 6.08 Å². The summed E-state index contributed by atoms with van der Waals surface area (Å²) in [6.45, 7) is 1.70. The van der Waals surface area contributed by atoms with Gasteiger partial charge in [0, 0.05) is 48.8 Å². The van der Waals surface area contributed by atoms with Crippen LogP contribution >= 0.6 is 11.8 Å². The fraction of sp³-hybridized carbons (Fsp3) is 0.595. The third-order valence-electron chi connectivity index (χ3n) is 10.1. The van der Waals surface area contributed by atoms with E-state index < -0.39 is 6.10 Å². The minimum Gasteiger partial charge on any atom is -0.390 e. The molecule has 4 aliphatic rings. The monoisotopic (exact) mass is 672 g/mol. The van der Waals surface area contributed by atoms with Crippen LogP contribution in [0.3, 0.4) is 0 Å². The van der Waals surface area contributed by atoms with Gasteiger partial charge in [-0.05, 0) is 73.8 Å². The summed E-state index contributed by atoms with van der Waals surface area (Å²) >= 11 is 1.77. The Balaban J connectivity index is 0.882. The second-order valence-electron chi connectivity index (χ2n) is 13.6. The fourth-order valence-corrected chi connectivity index (χ4v) is 8.92. The molecule has 48 heavy (non-hydrogen) atoms. The van der Waals surface area contributed by atoms with Crippen molar-refractivity contribution in [3.63, 3.8) is 0 Å². The lowest BCUT2D eigenvalue weighted by molar-refractivity contribution is -0.121. The van der Waals surface area contributed by atoms with Crippen LogP contribution in [0.15, 0.2) is 76.4 Å². The van der Waals surface area contributed by atoms with Gasteiger partial charge in [0.25, 0.3) is 0 Å². The van der Waals surface area contributed by atoms with E-state index in [2.05, 4.69) is 75.1 Å². The lowest BCUT2D eigenvalue weighted by Crippen LogP contribution is -2.42. The Morgan fingerprint density at radius 2 is 1.88 bits per heavy atom. The molecule has 1 saturated heterocycles. The van der Waals surface area contributed by atoms with E-state index in [9.17, 15) is 15.1 Å². The van der Waals surface area contributed by atoms with E-state index in [4.69, 9.17) is 13.4 Å². The predicted octanol–water partition coefficient (Wildman–Crippen LogP) is 5.72. The van der Waals surface area contributed by atoms with Crippen molar-refractivity contribution < 1.29 is 15.1 Å². The number of rotatable bonds is 21. The molecular weight excluding hydrogens is 619 g/mol. The third-order valence-corrected chi connectivity index (χ3v) is 11.6. The van der Waals surface area contributed by atoms with Crippen molar-refractivity contribution in [1.29, 1.82) is 5.53 Å². The molecule has 1 spiro atoms. The first kappa shape index (κ1) is 36.6. The van der Waals surface area contributed by atoms with E-state index in [0.717, 1.165) is 94.1 Å². The number of allylic oxidation sites excluding steroid dienone is 4. The summed E-state index contributed by atoms with van der Waals surface area (Å²) in [4.78, 5) is 12.2. The highest BCUT2D eigenvalue weighted by Gasteiger charge is 2.58. The summed E-state index contributed by atoms with van der Waals surface area (Å²) in [5, 5.41) is 34.0. The number of nitrogens with zero attached hydrogens (tertiary/aromatic N) is 1. The first-order chi connectivity index (χ1) is 23.4. The Kier molecular flexibility index (Phi) is 14.0. The molecule has 1 saturated carbocycles. The number of benzene rings is 1. The molecule has 258 valence electrons. The second-order valence-corrected chi connectivity index (χ2v) is 14.9. The molecule has 1 heterocycles. The van der Waals surface area contributed by atoms with Gasteiger partial charge in [-0.25, -0.2) is 5.53 Å². The summed E-state index contributed by atoms with van der Waals surface area (Å²) in [6, 6.07) is 8.29. The number of aliphatic hydroxyl groups is 1. The number of hydroxylamine groups is 1. The van der Waals surface area contributed by atoms with Gasteiger partial charge in [0.05, 0.1) is 17.6 Å². The van der Waals surface area contributed by atoms with Crippen molar-refractivity contribution >= 4 is 31.2 Å². The van der Waals surface area contributed by atoms with Crippen molar-refractivity contribution in [2.45, 2.75) is 107 Å². The van der Waals surface area contributed by atoms with E-state index in [0.29, 0.717) is 19.5 Å². The summed E-state index contributed by atoms with van der Waals surface area (Å²) < 4.78 is 0. The molecule has 5 rings (SSSR count). The van der Waals surface area contributed by atoms with Gasteiger partial charge in [-0.2, -0.15) is 22.4 Å². The van der Waals surface area contributed by atoms with Crippen LogP contribution in [0.4, 0.5) is 5.69 Å². The molecule has 2 fully saturated rings. The van der Waals surface area contributed by atoms with Crippen molar-refractivity contribution in [2.75, 3.05) is 30.7 Å². The Morgan fingerprint density at radius 3 is 2.67 bits per heavy atom. The van der Waals surface area contributed by atoms with Gasteiger partial charge in [0.2, 0.25) is 5.91 Å². The predicted molar refractivity (Wildman–Crippen MR) is 196 cm³/mol. The molecule has 1 aliphatic heterocycles. The number of anilines is 1. The number of carbonyl (C=O) groups is 1. The molecule has 5 unspecified atom stereocenters. The highest BCUT2D eigenvalue weighted by atomic mass is 32.2. The molecule has 1 amide bonds. The highest BCUT2D eigenvalue weighted by molar-refractivity contribution is 8.00. The molecule has 1 aromatic carbocycles. The summed E-state index contributed by atoms with van der Waals surface area (Å²) in [5.41, 5.74) is 15.4. The second kappa shape index (κ2) is 18.3. The van der Waals surface area contributed by atoms with Crippen LogP contribution in [0, 0.1) is 10.9 Å². The van der Waals surface area contributed by atoms with Gasteiger partial charge in [-0.3, -0.25) is 4.79 Å². The van der Waals surface area contributed by atoms with Crippen LogP contribution in [0.1, 0.15) is 76.2 Å². The third kappa shape index (κ3) is 9.72. The molecule has 2 radical (unpaired) electrons. The van der Waals surface area contributed by atoms with Gasteiger partial charge in [-0.15, -0.1) is 0 Å². The van der Waals surface area contributed by atoms with Crippen LogP contribution in [0.25, 0.3) is 0 Å². The maximum Gasteiger partial charge on any atom is 0.219 e. The molecular formula is C37H53BN6O3S. The van der Waals surface area contributed by atoms with Gasteiger partial charge in [0.1, 0.15) is 13.9 Å². The number of thioether (sulfide) groups is 1. The Morgan fingerprint density at radius 1 is 1.08 bits per heavy atom. The number of hydrogen-bond donors (Lipinski definition) is 7. The number of amides is 1. The largest absolute Gasteiger partial charge is 0.390 e. The molecule has 7 N–H and O–H groups in total. The zero-order valence-electron chi connectivity index (χ0n) is 28.1. The number of aryl methyl sites for hydroxylation is 1. The van der Waals surface area contributed by atoms with E-state index in [1.54, 1.807) is 11.8 Å². The van der Waals surface area contributed by atoms with Crippen molar-refractivity contribution in [3.8, 4) is 0 Å². The minimum atomic E-state index is -0.522. The Hall–Kier alpha value is -2.70. The smallest absolute Gasteiger partial charge is 0.219 e. The lowest BCUT2D eigenvalue weighted by atomic mass is 9.80. The number of fused-ring (bicyclic) bond motifs is 3. The molecule has 9 nitrogen and oxygen atoms in total. The van der Waals surface area contributed by atoms with Gasteiger partial charge >= 0.3 is 0 Å². The Labute approximate surface area is 291 Å². The maximum absolute atomic E-state index is 12.2. The number of aliphatic hydroxyl groups excluding tert-OH is 1. The topological polar surface area (TPSA) is 142 Å². The standard InChI is InChI=1S/C37H53BN6O3S/c38-27-18-19-34(37(22-27)30-14-7-8-15-31(30)37)42-24-29(45)23-41-28-13-10-12-26(21-28)11-4-1-2-9-20-40-35(46)17-6-3-5-16-33-36(43-39)32(44-47)25-48-33/h10,12-15,18-19,21-22,29,32-34,36,39,41-42,44-45,47H,1-9,11,16-17,20,23-25H2,(H,40,46). The zero-order valence-corrected chi connectivity index (χ0v) is 28.9. The van der Waals surface area contributed by atoms with Gasteiger partial charge in [-0.1, -0.05) is 73.7 Å². The molecule has 0 bridgehead atoms. The summed E-state index contributed by atoms with van der Waals surface area (Å²) in [6.07, 6.45) is 22.3. The fourth-order valence-electron chi connectivity index (χ4n) is 7.41. The number of carbonyl (C=O) groups excluding carboxylic acids is 1. The average molecular weight is 673 g/mol. The first-order valence-corrected chi connectivity index (χ1v) is 19.0. The molecule has 11 heteroatoms. The molecule has 3 aliphatic carbocycles. The van der Waals surface area contributed by atoms with Crippen molar-refractivity contribution in [1.82, 2.24) is 16.1 Å². The van der Waals surface area contributed by atoms with Crippen LogP contribution < -0.4 is 21.4 Å². The van der Waals surface area contributed by atoms with E-state index in [1.165, 1.54) is 16.7 Å². The van der Waals surface area contributed by atoms with E-state index in [-0.39, 0.29) is 34.7 Å².